The van der Waals surface area contributed by atoms with E-state index in [0.29, 0.717) is 36.0 Å². The normalized spacial score (nSPS) is 12.4. The van der Waals surface area contributed by atoms with Crippen LogP contribution in [0.1, 0.15) is 30.2 Å². The molecule has 108 valence electrons. The van der Waals surface area contributed by atoms with Crippen LogP contribution < -0.4 is 10.1 Å². The van der Waals surface area contributed by atoms with Gasteiger partial charge in [-0.2, -0.15) is 4.98 Å². The van der Waals surface area contributed by atoms with Crippen LogP contribution in [0, 0.1) is 12.7 Å². The van der Waals surface area contributed by atoms with Crippen molar-refractivity contribution in [3.8, 4) is 5.75 Å². The molecule has 0 saturated heterocycles. The van der Waals surface area contributed by atoms with E-state index in [1.807, 2.05) is 6.92 Å². The van der Waals surface area contributed by atoms with Gasteiger partial charge in [0.25, 0.3) is 0 Å². The van der Waals surface area contributed by atoms with Crippen molar-refractivity contribution in [2.75, 3.05) is 13.7 Å². The Morgan fingerprint density at radius 2 is 2.25 bits per heavy atom. The van der Waals surface area contributed by atoms with Crippen molar-refractivity contribution in [2.45, 2.75) is 26.3 Å². The van der Waals surface area contributed by atoms with E-state index in [0.717, 1.165) is 0 Å². The fourth-order valence-corrected chi connectivity index (χ4v) is 2.06. The van der Waals surface area contributed by atoms with Gasteiger partial charge in [0.1, 0.15) is 11.6 Å². The second kappa shape index (κ2) is 6.47. The van der Waals surface area contributed by atoms with E-state index in [1.165, 1.54) is 13.2 Å². The third kappa shape index (κ3) is 3.33. The average Bonchev–Trinajstić information content (AvgIpc) is 2.83. The molecule has 1 heterocycles. The number of nitrogens with zero attached hydrogens (tertiary/aromatic N) is 2. The number of aromatic nitrogens is 2. The van der Waals surface area contributed by atoms with Crippen molar-refractivity contribution in [2.24, 2.45) is 0 Å². The molecule has 0 saturated carbocycles. The van der Waals surface area contributed by atoms with Gasteiger partial charge in [-0.3, -0.25) is 0 Å². The van der Waals surface area contributed by atoms with Gasteiger partial charge in [-0.15, -0.1) is 0 Å². The molecule has 1 unspecified atom stereocenters. The summed E-state index contributed by atoms with van der Waals surface area (Å²) in [5, 5.41) is 7.04. The summed E-state index contributed by atoms with van der Waals surface area (Å²) in [5.74, 6) is 1.45. The number of aryl methyl sites for hydroxylation is 1. The Balaban J connectivity index is 1.96. The minimum atomic E-state index is -0.278. The molecule has 0 amide bonds. The average molecular weight is 279 g/mol. The number of halogens is 1. The molecule has 0 aliphatic heterocycles. The van der Waals surface area contributed by atoms with Crippen LogP contribution in [0.4, 0.5) is 4.39 Å². The molecule has 0 bridgehead atoms. The van der Waals surface area contributed by atoms with Gasteiger partial charge in [0, 0.05) is 31.5 Å². The van der Waals surface area contributed by atoms with Gasteiger partial charge in [0.05, 0.1) is 7.11 Å². The summed E-state index contributed by atoms with van der Waals surface area (Å²) in [6, 6.07) is 4.64. The van der Waals surface area contributed by atoms with Crippen molar-refractivity contribution in [3.05, 3.63) is 41.3 Å². The second-order valence-corrected chi connectivity index (χ2v) is 4.51. The molecule has 0 aliphatic carbocycles. The Morgan fingerprint density at radius 1 is 1.45 bits per heavy atom. The molecule has 0 aliphatic rings. The second-order valence-electron chi connectivity index (χ2n) is 4.51. The van der Waals surface area contributed by atoms with E-state index in [1.54, 1.807) is 19.1 Å². The van der Waals surface area contributed by atoms with E-state index in [4.69, 9.17) is 9.26 Å². The quantitative estimate of drug-likeness (QED) is 0.880. The first-order valence-corrected chi connectivity index (χ1v) is 6.46. The summed E-state index contributed by atoms with van der Waals surface area (Å²) < 4.78 is 24.0. The third-order valence-corrected chi connectivity index (χ3v) is 3.03. The highest BCUT2D eigenvalue weighted by molar-refractivity contribution is 5.36. The molecule has 1 aromatic heterocycles. The van der Waals surface area contributed by atoms with Crippen molar-refractivity contribution >= 4 is 0 Å². The van der Waals surface area contributed by atoms with Crippen molar-refractivity contribution in [1.29, 1.82) is 0 Å². The van der Waals surface area contributed by atoms with Crippen LogP contribution in [0.5, 0.6) is 5.75 Å². The van der Waals surface area contributed by atoms with Gasteiger partial charge in [-0.1, -0.05) is 11.2 Å². The predicted octanol–water partition coefficient (Wildman–Crippen LogP) is 2.42. The zero-order chi connectivity index (χ0) is 14.5. The van der Waals surface area contributed by atoms with E-state index >= 15 is 0 Å². The lowest BCUT2D eigenvalue weighted by Crippen LogP contribution is -2.23. The summed E-state index contributed by atoms with van der Waals surface area (Å²) >= 11 is 0. The number of rotatable bonds is 6. The van der Waals surface area contributed by atoms with Crippen molar-refractivity contribution in [3.63, 3.8) is 0 Å². The summed E-state index contributed by atoms with van der Waals surface area (Å²) in [5.41, 5.74) is 0.527. The van der Waals surface area contributed by atoms with Crippen LogP contribution in [0.3, 0.4) is 0 Å². The molecule has 0 fully saturated rings. The SMILES string of the molecule is COc1cccc(F)c1C(C)NCCc1noc(C)n1. The Morgan fingerprint density at radius 3 is 2.90 bits per heavy atom. The fourth-order valence-electron chi connectivity index (χ4n) is 2.06. The zero-order valence-electron chi connectivity index (χ0n) is 11.8. The summed E-state index contributed by atoms with van der Waals surface area (Å²) in [6.07, 6.45) is 0.623. The maximum absolute atomic E-state index is 13.9. The fraction of sp³-hybridized carbons (Fsp3) is 0.429. The maximum atomic E-state index is 13.9. The first-order chi connectivity index (χ1) is 9.61. The first-order valence-electron chi connectivity index (χ1n) is 6.46. The summed E-state index contributed by atoms with van der Waals surface area (Å²) in [7, 11) is 1.53. The zero-order valence-corrected chi connectivity index (χ0v) is 11.8. The van der Waals surface area contributed by atoms with Crippen LogP contribution >= 0.6 is 0 Å². The van der Waals surface area contributed by atoms with Crippen LogP contribution in [-0.2, 0) is 6.42 Å². The number of hydrogen-bond acceptors (Lipinski definition) is 5. The van der Waals surface area contributed by atoms with E-state index in [2.05, 4.69) is 15.5 Å². The first kappa shape index (κ1) is 14.5. The lowest BCUT2D eigenvalue weighted by Gasteiger charge is -2.17. The standard InChI is InChI=1S/C14H18FN3O2/c1-9(14-11(15)5-4-6-12(14)19-3)16-8-7-13-17-10(2)20-18-13/h4-6,9,16H,7-8H2,1-3H3. The van der Waals surface area contributed by atoms with Gasteiger partial charge < -0.3 is 14.6 Å². The molecule has 1 atom stereocenters. The molecular weight excluding hydrogens is 261 g/mol. The predicted molar refractivity (Wildman–Crippen MR) is 72.1 cm³/mol. The maximum Gasteiger partial charge on any atom is 0.223 e. The summed E-state index contributed by atoms with van der Waals surface area (Å²) in [6.45, 7) is 4.26. The van der Waals surface area contributed by atoms with Crippen LogP contribution in [0.2, 0.25) is 0 Å². The monoisotopic (exact) mass is 279 g/mol. The Hall–Kier alpha value is -1.95. The molecule has 2 aromatic rings. The molecule has 1 N–H and O–H groups in total. The molecule has 0 radical (unpaired) electrons. The van der Waals surface area contributed by atoms with Gasteiger partial charge >= 0.3 is 0 Å². The van der Waals surface area contributed by atoms with Crippen molar-refractivity contribution in [1.82, 2.24) is 15.5 Å². The van der Waals surface area contributed by atoms with E-state index in [-0.39, 0.29) is 11.9 Å². The van der Waals surface area contributed by atoms with Crippen LogP contribution in [-0.4, -0.2) is 23.8 Å². The minimum Gasteiger partial charge on any atom is -0.496 e. The third-order valence-electron chi connectivity index (χ3n) is 3.03. The van der Waals surface area contributed by atoms with Crippen molar-refractivity contribution < 1.29 is 13.7 Å². The smallest absolute Gasteiger partial charge is 0.223 e. The number of methoxy groups -OCH3 is 1. The minimum absolute atomic E-state index is 0.167. The van der Waals surface area contributed by atoms with Gasteiger partial charge in [-0.25, -0.2) is 4.39 Å². The highest BCUT2D eigenvalue weighted by Crippen LogP contribution is 2.27. The molecule has 1 aromatic carbocycles. The number of benzene rings is 1. The highest BCUT2D eigenvalue weighted by atomic mass is 19.1. The molecule has 0 spiro atoms. The largest absolute Gasteiger partial charge is 0.496 e. The Kier molecular flexibility index (Phi) is 4.68. The number of hydrogen-bond donors (Lipinski definition) is 1. The number of ether oxygens (including phenoxy) is 1. The summed E-state index contributed by atoms with van der Waals surface area (Å²) in [4.78, 5) is 4.12. The number of nitrogens with one attached hydrogen (secondary N) is 1. The van der Waals surface area contributed by atoms with Gasteiger partial charge in [0.15, 0.2) is 5.82 Å². The molecule has 5 nitrogen and oxygen atoms in total. The topological polar surface area (TPSA) is 60.2 Å². The van der Waals surface area contributed by atoms with Gasteiger partial charge in [-0.05, 0) is 19.1 Å². The van der Waals surface area contributed by atoms with Crippen LogP contribution in [0.15, 0.2) is 22.7 Å². The lowest BCUT2D eigenvalue weighted by molar-refractivity contribution is 0.384. The molecule has 2 rings (SSSR count). The highest BCUT2D eigenvalue weighted by Gasteiger charge is 2.16. The lowest BCUT2D eigenvalue weighted by atomic mass is 10.1. The molecule has 6 heteroatoms. The van der Waals surface area contributed by atoms with E-state index in [9.17, 15) is 4.39 Å². The molecular formula is C14H18FN3O2. The Labute approximate surface area is 117 Å². The van der Waals surface area contributed by atoms with Crippen LogP contribution in [0.25, 0.3) is 0 Å². The molecule has 20 heavy (non-hydrogen) atoms. The van der Waals surface area contributed by atoms with E-state index < -0.39 is 0 Å². The Bertz CT molecular complexity index is 571. The van der Waals surface area contributed by atoms with Gasteiger partial charge in [0.2, 0.25) is 5.89 Å².